The molecule has 3 N–H and O–H groups in total. The van der Waals surface area contributed by atoms with Gasteiger partial charge in [-0.25, -0.2) is 0 Å². The van der Waals surface area contributed by atoms with Crippen LogP contribution >= 0.6 is 0 Å². The van der Waals surface area contributed by atoms with Crippen molar-refractivity contribution in [1.29, 1.82) is 0 Å². The highest BCUT2D eigenvalue weighted by molar-refractivity contribution is 5.79. The van der Waals surface area contributed by atoms with Gasteiger partial charge in [0.25, 0.3) is 0 Å². The van der Waals surface area contributed by atoms with Gasteiger partial charge in [0.05, 0.1) is 25.4 Å². The monoisotopic (exact) mass is 366 g/mol. The summed E-state index contributed by atoms with van der Waals surface area (Å²) in [6.07, 6.45) is 5.63. The molecule has 0 aromatic carbocycles. The number of aliphatic hydroxyl groups is 1. The van der Waals surface area contributed by atoms with Crippen LogP contribution in [0.3, 0.4) is 0 Å². The summed E-state index contributed by atoms with van der Waals surface area (Å²) in [5.74, 6) is 0.799. The van der Waals surface area contributed by atoms with E-state index in [0.717, 1.165) is 38.5 Å². The largest absolute Gasteiger partial charge is 0.396 e. The maximum atomic E-state index is 9.38. The summed E-state index contributed by atoms with van der Waals surface area (Å²) >= 11 is 0. The van der Waals surface area contributed by atoms with Gasteiger partial charge in [-0.15, -0.1) is 0 Å². The van der Waals surface area contributed by atoms with E-state index in [2.05, 4.69) is 41.7 Å². The highest BCUT2D eigenvalue weighted by Gasteiger charge is 2.34. The number of rotatable bonds is 9. The lowest BCUT2D eigenvalue weighted by atomic mass is 9.84. The third kappa shape index (κ3) is 5.69. The van der Waals surface area contributed by atoms with E-state index >= 15 is 0 Å². The van der Waals surface area contributed by atoms with Crippen LogP contribution in [0.15, 0.2) is 17.4 Å². The molecule has 1 aromatic rings. The van der Waals surface area contributed by atoms with Crippen LogP contribution in [0.2, 0.25) is 0 Å². The molecule has 8 nitrogen and oxygen atoms in total. The van der Waals surface area contributed by atoms with Gasteiger partial charge in [0.2, 0.25) is 0 Å². The van der Waals surface area contributed by atoms with Crippen molar-refractivity contribution in [2.45, 2.75) is 25.8 Å². The average Bonchev–Trinajstić information content (AvgIpc) is 3.23. The van der Waals surface area contributed by atoms with Crippen LogP contribution in [-0.2, 0) is 11.8 Å². The maximum absolute atomic E-state index is 9.38. The summed E-state index contributed by atoms with van der Waals surface area (Å²) in [6, 6.07) is 0.203. The molecular formula is C18H34N6O2. The number of aromatic nitrogens is 2. The van der Waals surface area contributed by atoms with Gasteiger partial charge in [0.15, 0.2) is 5.96 Å². The van der Waals surface area contributed by atoms with Crippen molar-refractivity contribution in [1.82, 2.24) is 25.3 Å². The van der Waals surface area contributed by atoms with Crippen LogP contribution in [0.25, 0.3) is 0 Å². The van der Waals surface area contributed by atoms with E-state index in [1.165, 1.54) is 5.56 Å². The van der Waals surface area contributed by atoms with E-state index in [0.29, 0.717) is 13.2 Å². The molecule has 1 aliphatic rings. The Morgan fingerprint density at radius 1 is 1.50 bits per heavy atom. The molecule has 8 heteroatoms. The minimum Gasteiger partial charge on any atom is -0.396 e. The first kappa shape index (κ1) is 20.7. The number of aliphatic hydroxyl groups excluding tert-OH is 1. The number of hydrogen-bond donors (Lipinski definition) is 3. The molecule has 0 bridgehead atoms. The zero-order valence-electron chi connectivity index (χ0n) is 16.5. The molecule has 0 aliphatic carbocycles. The lowest BCUT2D eigenvalue weighted by Gasteiger charge is -2.26. The van der Waals surface area contributed by atoms with Crippen LogP contribution in [0.4, 0.5) is 0 Å². The number of nitrogens with one attached hydrogen (secondary N) is 2. The van der Waals surface area contributed by atoms with Crippen molar-refractivity contribution >= 4 is 5.96 Å². The van der Waals surface area contributed by atoms with Gasteiger partial charge in [0, 0.05) is 50.5 Å². The zero-order valence-corrected chi connectivity index (χ0v) is 16.5. The highest BCUT2D eigenvalue weighted by atomic mass is 16.5. The Kier molecular flexibility index (Phi) is 7.86. The van der Waals surface area contributed by atoms with Gasteiger partial charge in [-0.1, -0.05) is 0 Å². The minimum absolute atomic E-state index is 0.0403. The van der Waals surface area contributed by atoms with Crippen LogP contribution < -0.4 is 10.6 Å². The summed E-state index contributed by atoms with van der Waals surface area (Å²) < 4.78 is 7.38. The van der Waals surface area contributed by atoms with E-state index in [-0.39, 0.29) is 18.1 Å². The Labute approximate surface area is 156 Å². The molecule has 2 atom stereocenters. The maximum Gasteiger partial charge on any atom is 0.191 e. The van der Waals surface area contributed by atoms with Crippen molar-refractivity contribution < 1.29 is 9.84 Å². The van der Waals surface area contributed by atoms with E-state index in [4.69, 9.17) is 9.73 Å². The molecule has 1 aliphatic heterocycles. The summed E-state index contributed by atoms with van der Waals surface area (Å²) in [4.78, 5) is 6.95. The molecule has 1 fully saturated rings. The molecule has 0 amide bonds. The predicted molar refractivity (Wildman–Crippen MR) is 103 cm³/mol. The van der Waals surface area contributed by atoms with Crippen molar-refractivity contribution in [3.63, 3.8) is 0 Å². The smallest absolute Gasteiger partial charge is 0.191 e. The molecule has 2 heterocycles. The first-order valence-electron chi connectivity index (χ1n) is 9.35. The number of hydrogen-bond acceptors (Lipinski definition) is 5. The molecule has 26 heavy (non-hydrogen) atoms. The topological polar surface area (TPSA) is 86.9 Å². The van der Waals surface area contributed by atoms with Gasteiger partial charge >= 0.3 is 0 Å². The lowest BCUT2D eigenvalue weighted by molar-refractivity contribution is 0.131. The predicted octanol–water partition coefficient (Wildman–Crippen LogP) is 0.367. The fourth-order valence-electron chi connectivity index (χ4n) is 3.28. The number of aryl methyl sites for hydroxylation is 1. The van der Waals surface area contributed by atoms with Gasteiger partial charge in [0.1, 0.15) is 0 Å². The molecule has 0 saturated carbocycles. The van der Waals surface area contributed by atoms with Crippen LogP contribution in [0.1, 0.15) is 31.4 Å². The summed E-state index contributed by atoms with van der Waals surface area (Å²) in [6.45, 7) is 5.84. The third-order valence-electron chi connectivity index (χ3n) is 4.94. The normalized spacial score (nSPS) is 22.0. The Balaban J connectivity index is 2.01. The molecule has 0 spiro atoms. The van der Waals surface area contributed by atoms with Crippen molar-refractivity contribution in [2.75, 3.05) is 53.6 Å². The van der Waals surface area contributed by atoms with Crippen LogP contribution in [0, 0.1) is 5.41 Å². The summed E-state index contributed by atoms with van der Waals surface area (Å²) in [7, 11) is 6.06. The van der Waals surface area contributed by atoms with Crippen LogP contribution in [-0.4, -0.2) is 79.3 Å². The van der Waals surface area contributed by atoms with Crippen molar-refractivity contribution in [3.05, 3.63) is 18.0 Å². The first-order chi connectivity index (χ1) is 12.5. The molecule has 1 aromatic heterocycles. The van der Waals surface area contributed by atoms with Gasteiger partial charge < -0.3 is 25.4 Å². The highest BCUT2D eigenvalue weighted by Crippen LogP contribution is 2.32. The third-order valence-corrected chi connectivity index (χ3v) is 4.94. The second-order valence-corrected chi connectivity index (χ2v) is 7.28. The molecular weight excluding hydrogens is 332 g/mol. The molecule has 2 unspecified atom stereocenters. The SMILES string of the molecule is CCNC(=NCC1(CCO)CCOC1)NCC(c1cnn(C)c1)N(C)C. The standard InChI is InChI=1S/C18H34N6O2/c1-5-19-17(21-13-18(6-8-25)7-9-26-14-18)20-11-16(23(2)3)15-10-22-24(4)12-15/h10,12,16,25H,5-9,11,13-14H2,1-4H3,(H2,19,20,21). The number of nitrogens with zero attached hydrogens (tertiary/aromatic N) is 4. The Hall–Kier alpha value is -1.64. The van der Waals surface area contributed by atoms with E-state index in [1.807, 2.05) is 24.1 Å². The molecule has 1 saturated heterocycles. The summed E-state index contributed by atoms with van der Waals surface area (Å²) in [5.41, 5.74) is 1.13. The number of guanidine groups is 1. The Morgan fingerprint density at radius 3 is 2.85 bits per heavy atom. The fraction of sp³-hybridized carbons (Fsp3) is 0.778. The Bertz CT molecular complexity index is 566. The van der Waals surface area contributed by atoms with Gasteiger partial charge in [-0.3, -0.25) is 9.67 Å². The molecule has 0 radical (unpaired) electrons. The lowest BCUT2D eigenvalue weighted by Crippen LogP contribution is -2.42. The van der Waals surface area contributed by atoms with Gasteiger partial charge in [-0.05, 0) is 33.9 Å². The second-order valence-electron chi connectivity index (χ2n) is 7.28. The number of likely N-dealkylation sites (N-methyl/N-ethyl adjacent to an activating group) is 1. The minimum atomic E-state index is -0.0403. The van der Waals surface area contributed by atoms with Crippen molar-refractivity contribution in [2.24, 2.45) is 17.5 Å². The number of ether oxygens (including phenoxy) is 1. The molecule has 2 rings (SSSR count). The van der Waals surface area contributed by atoms with E-state index < -0.39 is 0 Å². The fourth-order valence-corrected chi connectivity index (χ4v) is 3.28. The van der Waals surface area contributed by atoms with E-state index in [9.17, 15) is 5.11 Å². The van der Waals surface area contributed by atoms with E-state index in [1.54, 1.807) is 0 Å². The first-order valence-corrected chi connectivity index (χ1v) is 9.35. The van der Waals surface area contributed by atoms with Gasteiger partial charge in [-0.2, -0.15) is 5.10 Å². The Morgan fingerprint density at radius 2 is 2.31 bits per heavy atom. The second kappa shape index (κ2) is 9.89. The summed E-state index contributed by atoms with van der Waals surface area (Å²) in [5, 5.41) is 20.4. The zero-order chi connectivity index (χ0) is 19.0. The van der Waals surface area contributed by atoms with Crippen LogP contribution in [0.5, 0.6) is 0 Å². The molecule has 148 valence electrons. The average molecular weight is 367 g/mol. The number of aliphatic imine (C=N–C) groups is 1. The quantitative estimate of drug-likeness (QED) is 0.432. The van der Waals surface area contributed by atoms with Crippen molar-refractivity contribution in [3.8, 4) is 0 Å².